The first-order valence-corrected chi connectivity index (χ1v) is 6.85. The zero-order valence-corrected chi connectivity index (χ0v) is 11.2. The lowest BCUT2D eigenvalue weighted by atomic mass is 9.79. The number of nitrogens with zero attached hydrogens (tertiary/aromatic N) is 3. The number of rotatable bonds is 4. The van der Waals surface area contributed by atoms with E-state index in [0.717, 1.165) is 30.6 Å². The summed E-state index contributed by atoms with van der Waals surface area (Å²) >= 11 is 0. The van der Waals surface area contributed by atoms with E-state index >= 15 is 0 Å². The predicted octanol–water partition coefficient (Wildman–Crippen LogP) is 2.92. The van der Waals surface area contributed by atoms with Gasteiger partial charge in [-0.15, -0.1) is 5.10 Å². The molecule has 1 aliphatic carbocycles. The van der Waals surface area contributed by atoms with Crippen LogP contribution in [0.25, 0.3) is 0 Å². The van der Waals surface area contributed by atoms with E-state index in [1.807, 2.05) is 10.9 Å². The van der Waals surface area contributed by atoms with Gasteiger partial charge >= 0.3 is 0 Å². The Hall–Kier alpha value is -1.06. The summed E-state index contributed by atoms with van der Waals surface area (Å²) in [5.41, 5.74) is 0. The van der Waals surface area contributed by atoms with Crippen LogP contribution in [0.15, 0.2) is 6.20 Å². The molecule has 1 aromatic heterocycles. The highest BCUT2D eigenvalue weighted by Crippen LogP contribution is 2.30. The summed E-state index contributed by atoms with van der Waals surface area (Å²) in [6, 6.07) is 0.593. The summed E-state index contributed by atoms with van der Waals surface area (Å²) in [6.45, 7) is 7.83. The maximum absolute atomic E-state index is 4.11. The molecule has 1 heterocycles. The van der Waals surface area contributed by atoms with Gasteiger partial charge in [0.15, 0.2) is 0 Å². The van der Waals surface area contributed by atoms with Crippen molar-refractivity contribution < 1.29 is 0 Å². The fourth-order valence-electron chi connectivity index (χ4n) is 2.63. The van der Waals surface area contributed by atoms with E-state index in [0.29, 0.717) is 6.04 Å². The van der Waals surface area contributed by atoms with Crippen LogP contribution < -0.4 is 5.32 Å². The molecule has 1 aliphatic rings. The standard InChI is InChI=1S/C13H24N4/c1-4-7-17-13(9-14-16-17)15-12-6-5-10(2)11(3)8-12/h9-12,15H,4-8H2,1-3H3. The van der Waals surface area contributed by atoms with Gasteiger partial charge in [-0.2, -0.15) is 0 Å². The molecule has 1 aromatic rings. The van der Waals surface area contributed by atoms with Crippen LogP contribution >= 0.6 is 0 Å². The molecular formula is C13H24N4. The minimum absolute atomic E-state index is 0.593. The molecular weight excluding hydrogens is 212 g/mol. The molecule has 1 fully saturated rings. The first-order chi connectivity index (χ1) is 8.20. The lowest BCUT2D eigenvalue weighted by Crippen LogP contribution is -2.31. The molecule has 96 valence electrons. The van der Waals surface area contributed by atoms with Crippen molar-refractivity contribution in [3.63, 3.8) is 0 Å². The Labute approximate surface area is 104 Å². The van der Waals surface area contributed by atoms with Crippen LogP contribution in [-0.2, 0) is 6.54 Å². The van der Waals surface area contributed by atoms with Crippen LogP contribution in [0.2, 0.25) is 0 Å². The maximum atomic E-state index is 4.11. The Morgan fingerprint density at radius 2 is 2.18 bits per heavy atom. The molecule has 0 aromatic carbocycles. The van der Waals surface area contributed by atoms with Crippen molar-refractivity contribution in [2.45, 2.75) is 59.0 Å². The average Bonchev–Trinajstić information content (AvgIpc) is 2.72. The molecule has 3 unspecified atom stereocenters. The maximum Gasteiger partial charge on any atom is 0.145 e. The molecule has 17 heavy (non-hydrogen) atoms. The molecule has 1 saturated carbocycles. The van der Waals surface area contributed by atoms with Gasteiger partial charge in [-0.05, 0) is 37.5 Å². The molecule has 1 N–H and O–H groups in total. The summed E-state index contributed by atoms with van der Waals surface area (Å²) < 4.78 is 1.97. The van der Waals surface area contributed by atoms with Crippen molar-refractivity contribution in [3.05, 3.63) is 6.20 Å². The Balaban J connectivity index is 1.94. The predicted molar refractivity (Wildman–Crippen MR) is 69.9 cm³/mol. The number of nitrogens with one attached hydrogen (secondary N) is 1. The molecule has 4 nitrogen and oxygen atoms in total. The Bertz CT molecular complexity index is 347. The highest BCUT2D eigenvalue weighted by atomic mass is 15.5. The van der Waals surface area contributed by atoms with Gasteiger partial charge in [0, 0.05) is 12.6 Å². The Kier molecular flexibility index (Phi) is 4.02. The van der Waals surface area contributed by atoms with E-state index in [1.54, 1.807) is 0 Å². The Morgan fingerprint density at radius 1 is 1.35 bits per heavy atom. The second-order valence-electron chi connectivity index (χ2n) is 5.45. The van der Waals surface area contributed by atoms with Gasteiger partial charge in [0.25, 0.3) is 0 Å². The van der Waals surface area contributed by atoms with Gasteiger partial charge in [0.1, 0.15) is 5.82 Å². The number of aryl methyl sites for hydroxylation is 1. The molecule has 3 atom stereocenters. The number of hydrogen-bond acceptors (Lipinski definition) is 3. The minimum atomic E-state index is 0.593. The smallest absolute Gasteiger partial charge is 0.145 e. The highest BCUT2D eigenvalue weighted by molar-refractivity contribution is 5.32. The van der Waals surface area contributed by atoms with E-state index in [-0.39, 0.29) is 0 Å². The quantitative estimate of drug-likeness (QED) is 0.874. The van der Waals surface area contributed by atoms with E-state index in [2.05, 4.69) is 36.4 Å². The summed E-state index contributed by atoms with van der Waals surface area (Å²) in [5.74, 6) is 2.77. The molecule has 0 amide bonds. The lowest BCUT2D eigenvalue weighted by molar-refractivity contribution is 0.260. The molecule has 0 aliphatic heterocycles. The van der Waals surface area contributed by atoms with Crippen molar-refractivity contribution in [3.8, 4) is 0 Å². The van der Waals surface area contributed by atoms with E-state index < -0.39 is 0 Å². The van der Waals surface area contributed by atoms with E-state index in [9.17, 15) is 0 Å². The molecule has 0 bridgehead atoms. The number of anilines is 1. The van der Waals surface area contributed by atoms with Gasteiger partial charge in [0.2, 0.25) is 0 Å². The zero-order valence-electron chi connectivity index (χ0n) is 11.2. The molecule has 0 saturated heterocycles. The molecule has 0 spiro atoms. The summed E-state index contributed by atoms with van der Waals surface area (Å²) in [4.78, 5) is 0. The monoisotopic (exact) mass is 236 g/mol. The second kappa shape index (κ2) is 5.52. The van der Waals surface area contributed by atoms with Crippen LogP contribution in [-0.4, -0.2) is 21.0 Å². The highest BCUT2D eigenvalue weighted by Gasteiger charge is 2.24. The first kappa shape index (κ1) is 12.4. The fourth-order valence-corrected chi connectivity index (χ4v) is 2.63. The molecule has 2 rings (SSSR count). The average molecular weight is 236 g/mol. The zero-order chi connectivity index (χ0) is 12.3. The van der Waals surface area contributed by atoms with Crippen molar-refractivity contribution in [1.82, 2.24) is 15.0 Å². The van der Waals surface area contributed by atoms with Gasteiger partial charge in [0.05, 0.1) is 6.20 Å². The number of hydrogen-bond donors (Lipinski definition) is 1. The van der Waals surface area contributed by atoms with Crippen molar-refractivity contribution in [1.29, 1.82) is 0 Å². The third kappa shape index (κ3) is 2.99. The van der Waals surface area contributed by atoms with Gasteiger partial charge in [-0.3, -0.25) is 0 Å². The van der Waals surface area contributed by atoms with Crippen LogP contribution in [0.4, 0.5) is 5.82 Å². The van der Waals surface area contributed by atoms with Gasteiger partial charge < -0.3 is 5.32 Å². The number of aromatic nitrogens is 3. The fraction of sp³-hybridized carbons (Fsp3) is 0.846. The molecule has 0 radical (unpaired) electrons. The van der Waals surface area contributed by atoms with Crippen LogP contribution in [0, 0.1) is 11.8 Å². The topological polar surface area (TPSA) is 42.7 Å². The summed E-state index contributed by atoms with van der Waals surface area (Å²) in [5, 5.41) is 11.7. The van der Waals surface area contributed by atoms with Crippen LogP contribution in [0.5, 0.6) is 0 Å². The third-order valence-electron chi connectivity index (χ3n) is 4.00. The summed E-state index contributed by atoms with van der Waals surface area (Å²) in [6.07, 6.45) is 6.80. The van der Waals surface area contributed by atoms with Crippen LogP contribution in [0.1, 0.15) is 46.5 Å². The van der Waals surface area contributed by atoms with Crippen molar-refractivity contribution >= 4 is 5.82 Å². The Morgan fingerprint density at radius 3 is 2.88 bits per heavy atom. The van der Waals surface area contributed by atoms with E-state index in [4.69, 9.17) is 0 Å². The minimum Gasteiger partial charge on any atom is -0.366 e. The normalized spacial score (nSPS) is 29.2. The summed E-state index contributed by atoms with van der Waals surface area (Å²) in [7, 11) is 0. The van der Waals surface area contributed by atoms with E-state index in [1.165, 1.54) is 19.3 Å². The van der Waals surface area contributed by atoms with Crippen molar-refractivity contribution in [2.24, 2.45) is 11.8 Å². The van der Waals surface area contributed by atoms with Gasteiger partial charge in [-0.25, -0.2) is 4.68 Å². The lowest BCUT2D eigenvalue weighted by Gasteiger charge is -2.32. The first-order valence-electron chi connectivity index (χ1n) is 6.85. The third-order valence-corrected chi connectivity index (χ3v) is 4.00. The second-order valence-corrected chi connectivity index (χ2v) is 5.45. The van der Waals surface area contributed by atoms with Crippen LogP contribution in [0.3, 0.4) is 0 Å². The van der Waals surface area contributed by atoms with Crippen molar-refractivity contribution in [2.75, 3.05) is 5.32 Å². The molecule has 4 heteroatoms. The SMILES string of the molecule is CCCn1nncc1NC1CCC(C)C(C)C1. The largest absolute Gasteiger partial charge is 0.366 e. The van der Waals surface area contributed by atoms with Gasteiger partial charge in [-0.1, -0.05) is 26.0 Å².